The number of hydrazine groups is 2. The minimum absolute atomic E-state index is 0.313. The van der Waals surface area contributed by atoms with Crippen molar-refractivity contribution in [2.24, 2.45) is 0 Å². The van der Waals surface area contributed by atoms with E-state index in [1.165, 1.54) is 18.2 Å². The first-order chi connectivity index (χ1) is 8.04. The lowest BCUT2D eigenvalue weighted by Gasteiger charge is -2.28. The zero-order valence-corrected chi connectivity index (χ0v) is 10.4. The van der Waals surface area contributed by atoms with Crippen molar-refractivity contribution >= 4 is 5.91 Å². The number of carbonyl (C=O) groups is 1. The summed E-state index contributed by atoms with van der Waals surface area (Å²) in [6.45, 7) is 2.72. The molecule has 0 fully saturated rings. The normalized spacial score (nSPS) is 10.9. The van der Waals surface area contributed by atoms with Crippen LogP contribution in [0.1, 0.15) is 23.7 Å². The molecule has 0 bridgehead atoms. The number of halogens is 1. The van der Waals surface area contributed by atoms with Gasteiger partial charge in [-0.3, -0.25) is 10.2 Å². The maximum Gasteiger partial charge on any atom is 0.266 e. The summed E-state index contributed by atoms with van der Waals surface area (Å²) in [5.74, 6) is -0.726. The molecule has 17 heavy (non-hydrogen) atoms. The molecule has 1 rings (SSSR count). The van der Waals surface area contributed by atoms with E-state index in [1.807, 2.05) is 21.0 Å². The number of nitrogens with zero attached hydrogens (tertiary/aromatic N) is 2. The van der Waals surface area contributed by atoms with Gasteiger partial charge in [-0.05, 0) is 24.6 Å². The van der Waals surface area contributed by atoms with Gasteiger partial charge in [0.25, 0.3) is 5.91 Å². The van der Waals surface area contributed by atoms with Crippen molar-refractivity contribution in [3.05, 3.63) is 35.6 Å². The Bertz CT molecular complexity index is 382. The highest BCUT2D eigenvalue weighted by Gasteiger charge is 2.12. The molecule has 1 amide bonds. The Kier molecular flexibility index (Phi) is 5.06. The van der Waals surface area contributed by atoms with Crippen LogP contribution in [0.5, 0.6) is 0 Å². The van der Waals surface area contributed by atoms with Gasteiger partial charge in [0.05, 0.1) is 0 Å². The van der Waals surface area contributed by atoms with Gasteiger partial charge in [-0.15, -0.1) is 0 Å². The van der Waals surface area contributed by atoms with E-state index >= 15 is 0 Å². The number of hydrogen-bond donors (Lipinski definition) is 1. The van der Waals surface area contributed by atoms with E-state index in [4.69, 9.17) is 0 Å². The SMILES string of the molecule is CCCN(NC(=O)c1cccc(F)c1)N(C)C. The first-order valence-corrected chi connectivity index (χ1v) is 5.56. The first kappa shape index (κ1) is 13.6. The van der Waals surface area contributed by atoms with Gasteiger partial charge in [-0.2, -0.15) is 5.12 Å². The van der Waals surface area contributed by atoms with Gasteiger partial charge in [-0.1, -0.05) is 13.0 Å². The third-order valence-electron chi connectivity index (χ3n) is 2.24. The van der Waals surface area contributed by atoms with Gasteiger partial charge in [0.1, 0.15) is 5.82 Å². The second kappa shape index (κ2) is 6.32. The highest BCUT2D eigenvalue weighted by atomic mass is 19.1. The molecule has 0 aliphatic rings. The molecule has 0 saturated carbocycles. The molecule has 4 nitrogen and oxygen atoms in total. The zero-order valence-electron chi connectivity index (χ0n) is 10.4. The molecule has 0 aliphatic carbocycles. The van der Waals surface area contributed by atoms with Gasteiger partial charge >= 0.3 is 0 Å². The monoisotopic (exact) mass is 239 g/mol. The predicted molar refractivity (Wildman–Crippen MR) is 64.6 cm³/mol. The predicted octanol–water partition coefficient (Wildman–Crippen LogP) is 1.66. The van der Waals surface area contributed by atoms with E-state index in [1.54, 1.807) is 16.2 Å². The van der Waals surface area contributed by atoms with Crippen molar-refractivity contribution < 1.29 is 9.18 Å². The van der Waals surface area contributed by atoms with Crippen molar-refractivity contribution in [3.63, 3.8) is 0 Å². The summed E-state index contributed by atoms with van der Waals surface area (Å²) in [6, 6.07) is 5.63. The summed E-state index contributed by atoms with van der Waals surface area (Å²) in [7, 11) is 3.67. The Morgan fingerprint density at radius 3 is 2.65 bits per heavy atom. The van der Waals surface area contributed by atoms with Crippen LogP contribution in [0.4, 0.5) is 4.39 Å². The first-order valence-electron chi connectivity index (χ1n) is 5.56. The van der Waals surface area contributed by atoms with Crippen LogP contribution in [0.15, 0.2) is 24.3 Å². The van der Waals surface area contributed by atoms with E-state index in [2.05, 4.69) is 5.43 Å². The summed E-state index contributed by atoms with van der Waals surface area (Å²) in [5.41, 5.74) is 3.03. The van der Waals surface area contributed by atoms with Crippen LogP contribution >= 0.6 is 0 Å². The van der Waals surface area contributed by atoms with Gasteiger partial charge in [0.2, 0.25) is 0 Å². The number of carbonyl (C=O) groups excluding carboxylic acids is 1. The molecule has 1 N–H and O–H groups in total. The average Bonchev–Trinajstić information content (AvgIpc) is 2.28. The highest BCUT2D eigenvalue weighted by Crippen LogP contribution is 2.03. The van der Waals surface area contributed by atoms with Crippen LogP contribution in [0, 0.1) is 5.82 Å². The van der Waals surface area contributed by atoms with E-state index in [0.717, 1.165) is 6.42 Å². The molecular formula is C12H18FN3O. The molecule has 5 heteroatoms. The van der Waals surface area contributed by atoms with Gasteiger partial charge in [0.15, 0.2) is 0 Å². The van der Waals surface area contributed by atoms with E-state index in [-0.39, 0.29) is 5.91 Å². The minimum atomic E-state index is -0.412. The molecule has 0 aliphatic heterocycles. The molecule has 0 atom stereocenters. The number of benzene rings is 1. The summed E-state index contributed by atoms with van der Waals surface area (Å²) >= 11 is 0. The van der Waals surface area contributed by atoms with Crippen molar-refractivity contribution in [2.45, 2.75) is 13.3 Å². The lowest BCUT2D eigenvalue weighted by atomic mass is 10.2. The highest BCUT2D eigenvalue weighted by molar-refractivity contribution is 5.93. The van der Waals surface area contributed by atoms with Crippen LogP contribution in [0.25, 0.3) is 0 Å². The van der Waals surface area contributed by atoms with E-state index in [0.29, 0.717) is 12.1 Å². The second-order valence-corrected chi connectivity index (χ2v) is 3.92. The van der Waals surface area contributed by atoms with Crippen LogP contribution in [0.2, 0.25) is 0 Å². The largest absolute Gasteiger partial charge is 0.271 e. The Balaban J connectivity index is 2.70. The Morgan fingerprint density at radius 2 is 2.12 bits per heavy atom. The van der Waals surface area contributed by atoms with Crippen molar-refractivity contribution in [2.75, 3.05) is 20.6 Å². The zero-order chi connectivity index (χ0) is 12.8. The minimum Gasteiger partial charge on any atom is -0.271 e. The van der Waals surface area contributed by atoms with Crippen LogP contribution in [-0.4, -0.2) is 36.7 Å². The quantitative estimate of drug-likeness (QED) is 0.794. The van der Waals surface area contributed by atoms with Gasteiger partial charge in [0, 0.05) is 26.2 Å². The van der Waals surface area contributed by atoms with Crippen molar-refractivity contribution in [1.29, 1.82) is 0 Å². The van der Waals surface area contributed by atoms with Crippen molar-refractivity contribution in [1.82, 2.24) is 15.6 Å². The molecule has 0 saturated heterocycles. The van der Waals surface area contributed by atoms with Crippen LogP contribution in [0.3, 0.4) is 0 Å². The molecule has 1 aromatic carbocycles. The Morgan fingerprint density at radius 1 is 1.41 bits per heavy atom. The lowest BCUT2D eigenvalue weighted by molar-refractivity contribution is -0.0209. The topological polar surface area (TPSA) is 35.6 Å². The molecule has 1 aromatic rings. The fraction of sp³-hybridized carbons (Fsp3) is 0.417. The second-order valence-electron chi connectivity index (χ2n) is 3.92. The molecule has 0 aromatic heterocycles. The molecule has 0 spiro atoms. The maximum absolute atomic E-state index is 13.0. The lowest BCUT2D eigenvalue weighted by Crippen LogP contribution is -2.50. The standard InChI is InChI=1S/C12H18FN3O/c1-4-8-16(15(2)3)14-12(17)10-6-5-7-11(13)9-10/h5-7,9H,4,8H2,1-3H3,(H,14,17). The number of amides is 1. The Hall–Kier alpha value is -1.46. The molecule has 0 unspecified atom stereocenters. The summed E-state index contributed by atoms with van der Waals surface area (Å²) < 4.78 is 13.0. The molecular weight excluding hydrogens is 221 g/mol. The molecule has 0 radical (unpaired) electrons. The smallest absolute Gasteiger partial charge is 0.266 e. The number of hydrogen-bond acceptors (Lipinski definition) is 3. The fourth-order valence-electron chi connectivity index (χ4n) is 1.38. The molecule has 0 heterocycles. The van der Waals surface area contributed by atoms with E-state index < -0.39 is 5.82 Å². The van der Waals surface area contributed by atoms with Gasteiger partial charge in [-0.25, -0.2) is 9.40 Å². The van der Waals surface area contributed by atoms with Crippen LogP contribution < -0.4 is 5.43 Å². The third-order valence-corrected chi connectivity index (χ3v) is 2.24. The van der Waals surface area contributed by atoms with Gasteiger partial charge < -0.3 is 0 Å². The Labute approximate surface area is 101 Å². The molecule has 94 valence electrons. The fourth-order valence-corrected chi connectivity index (χ4v) is 1.38. The number of rotatable bonds is 5. The summed E-state index contributed by atoms with van der Waals surface area (Å²) in [6.07, 6.45) is 0.904. The number of nitrogens with one attached hydrogen (secondary N) is 1. The maximum atomic E-state index is 13.0. The summed E-state index contributed by atoms with van der Waals surface area (Å²) in [5, 5.41) is 3.47. The summed E-state index contributed by atoms with van der Waals surface area (Å²) in [4.78, 5) is 11.8. The third kappa shape index (κ3) is 4.13. The average molecular weight is 239 g/mol. The van der Waals surface area contributed by atoms with E-state index in [9.17, 15) is 9.18 Å². The van der Waals surface area contributed by atoms with Crippen molar-refractivity contribution in [3.8, 4) is 0 Å². The van der Waals surface area contributed by atoms with Crippen LogP contribution in [-0.2, 0) is 0 Å².